The van der Waals surface area contributed by atoms with E-state index < -0.39 is 0 Å². The highest BCUT2D eigenvalue weighted by Gasteiger charge is 2.52. The SMILES string of the molecule is CCC1CC2C(=O)N(CC(C)CCO)C(=O)C2C1. The molecular weight excluding hydrogens is 230 g/mol. The first kappa shape index (κ1) is 13.5. The van der Waals surface area contributed by atoms with Crippen molar-refractivity contribution in [1.82, 2.24) is 4.90 Å². The first-order chi connectivity index (χ1) is 8.58. The van der Waals surface area contributed by atoms with Crippen molar-refractivity contribution in [3.63, 3.8) is 0 Å². The molecule has 1 heterocycles. The zero-order chi connectivity index (χ0) is 13.3. The molecule has 3 unspecified atom stereocenters. The normalized spacial score (nSPS) is 33.1. The Kier molecular flexibility index (Phi) is 4.05. The van der Waals surface area contributed by atoms with Crippen LogP contribution in [0.3, 0.4) is 0 Å². The minimum absolute atomic E-state index is 0.0331. The number of likely N-dealkylation sites (tertiary alicyclic amines) is 1. The lowest BCUT2D eigenvalue weighted by Crippen LogP contribution is -2.36. The average molecular weight is 253 g/mol. The van der Waals surface area contributed by atoms with Crippen LogP contribution < -0.4 is 0 Å². The summed E-state index contributed by atoms with van der Waals surface area (Å²) in [4.78, 5) is 25.9. The molecule has 2 rings (SSSR count). The second kappa shape index (κ2) is 5.39. The van der Waals surface area contributed by atoms with E-state index in [1.54, 1.807) is 0 Å². The van der Waals surface area contributed by atoms with E-state index in [-0.39, 0.29) is 36.2 Å². The first-order valence-electron chi connectivity index (χ1n) is 7.04. The van der Waals surface area contributed by atoms with Crippen LogP contribution in [0.5, 0.6) is 0 Å². The third-order valence-electron chi connectivity index (χ3n) is 4.52. The predicted molar refractivity (Wildman–Crippen MR) is 67.6 cm³/mol. The topological polar surface area (TPSA) is 57.6 Å². The van der Waals surface area contributed by atoms with Gasteiger partial charge in [0.25, 0.3) is 0 Å². The van der Waals surface area contributed by atoms with Gasteiger partial charge in [0.05, 0.1) is 11.8 Å². The van der Waals surface area contributed by atoms with Gasteiger partial charge < -0.3 is 5.11 Å². The fraction of sp³-hybridized carbons (Fsp3) is 0.857. The Morgan fingerprint density at radius 3 is 2.28 bits per heavy atom. The monoisotopic (exact) mass is 253 g/mol. The molecule has 1 N–H and O–H groups in total. The lowest BCUT2D eigenvalue weighted by molar-refractivity contribution is -0.141. The molecule has 1 aliphatic heterocycles. The lowest BCUT2D eigenvalue weighted by atomic mass is 10.00. The minimum atomic E-state index is -0.0521. The summed E-state index contributed by atoms with van der Waals surface area (Å²) in [6.07, 6.45) is 3.48. The number of hydrogen-bond acceptors (Lipinski definition) is 3. The predicted octanol–water partition coefficient (Wildman–Crippen LogP) is 1.43. The van der Waals surface area contributed by atoms with Gasteiger partial charge in [-0.2, -0.15) is 0 Å². The second-order valence-electron chi connectivity index (χ2n) is 5.86. The summed E-state index contributed by atoms with van der Waals surface area (Å²) in [6, 6.07) is 0. The summed E-state index contributed by atoms with van der Waals surface area (Å²) < 4.78 is 0. The number of nitrogens with zero attached hydrogens (tertiary/aromatic N) is 1. The molecule has 4 nitrogen and oxygen atoms in total. The molecule has 2 aliphatic rings. The molecule has 1 saturated carbocycles. The van der Waals surface area contributed by atoms with Crippen LogP contribution in [0, 0.1) is 23.7 Å². The van der Waals surface area contributed by atoms with Crippen LogP contribution in [-0.2, 0) is 9.59 Å². The van der Waals surface area contributed by atoms with Crippen molar-refractivity contribution in [1.29, 1.82) is 0 Å². The van der Waals surface area contributed by atoms with Crippen molar-refractivity contribution in [2.75, 3.05) is 13.2 Å². The summed E-state index contributed by atoms with van der Waals surface area (Å²) in [5.74, 6) is 0.692. The molecule has 2 amide bonds. The van der Waals surface area contributed by atoms with Gasteiger partial charge >= 0.3 is 0 Å². The van der Waals surface area contributed by atoms with Crippen LogP contribution in [0.15, 0.2) is 0 Å². The Hall–Kier alpha value is -0.900. The van der Waals surface area contributed by atoms with Crippen LogP contribution in [0.25, 0.3) is 0 Å². The van der Waals surface area contributed by atoms with Gasteiger partial charge in [-0.25, -0.2) is 0 Å². The van der Waals surface area contributed by atoms with E-state index >= 15 is 0 Å². The Balaban J connectivity index is 2.00. The van der Waals surface area contributed by atoms with E-state index in [4.69, 9.17) is 5.11 Å². The van der Waals surface area contributed by atoms with Crippen LogP contribution in [0.4, 0.5) is 0 Å². The maximum atomic E-state index is 12.2. The second-order valence-corrected chi connectivity index (χ2v) is 5.86. The number of aliphatic hydroxyl groups excluding tert-OH is 1. The molecule has 3 atom stereocenters. The quantitative estimate of drug-likeness (QED) is 0.754. The van der Waals surface area contributed by atoms with Gasteiger partial charge in [-0.15, -0.1) is 0 Å². The van der Waals surface area contributed by atoms with Gasteiger partial charge in [-0.3, -0.25) is 14.5 Å². The number of amides is 2. The van der Waals surface area contributed by atoms with E-state index in [0.717, 1.165) is 19.3 Å². The summed E-state index contributed by atoms with van der Waals surface area (Å²) in [5, 5.41) is 8.88. The molecule has 18 heavy (non-hydrogen) atoms. The minimum Gasteiger partial charge on any atom is -0.396 e. The fourth-order valence-electron chi connectivity index (χ4n) is 3.33. The number of rotatable bonds is 5. The van der Waals surface area contributed by atoms with Crippen molar-refractivity contribution in [3.05, 3.63) is 0 Å². The van der Waals surface area contributed by atoms with Gasteiger partial charge in [-0.05, 0) is 31.1 Å². The van der Waals surface area contributed by atoms with Gasteiger partial charge in [0.1, 0.15) is 0 Å². The molecule has 1 aliphatic carbocycles. The molecule has 0 aromatic rings. The van der Waals surface area contributed by atoms with Crippen molar-refractivity contribution in [2.24, 2.45) is 23.7 Å². The number of aliphatic hydroxyl groups is 1. The first-order valence-corrected chi connectivity index (χ1v) is 7.04. The summed E-state index contributed by atoms with van der Waals surface area (Å²) >= 11 is 0. The number of fused-ring (bicyclic) bond motifs is 1. The number of hydrogen-bond donors (Lipinski definition) is 1. The Labute approximate surface area is 108 Å². The highest BCUT2D eigenvalue weighted by atomic mass is 16.3. The van der Waals surface area contributed by atoms with Gasteiger partial charge in [0.2, 0.25) is 11.8 Å². The molecule has 0 aromatic carbocycles. The number of carbonyl (C=O) groups is 2. The maximum Gasteiger partial charge on any atom is 0.233 e. The zero-order valence-corrected chi connectivity index (χ0v) is 11.3. The zero-order valence-electron chi connectivity index (χ0n) is 11.3. The van der Waals surface area contributed by atoms with E-state index in [2.05, 4.69) is 6.92 Å². The average Bonchev–Trinajstić information content (AvgIpc) is 2.86. The van der Waals surface area contributed by atoms with E-state index in [1.165, 1.54) is 4.90 Å². The molecule has 1 saturated heterocycles. The van der Waals surface area contributed by atoms with Crippen LogP contribution in [0.1, 0.15) is 39.5 Å². The summed E-state index contributed by atoms with van der Waals surface area (Å²) in [6.45, 7) is 4.69. The Bertz CT molecular complexity index is 318. The molecule has 102 valence electrons. The summed E-state index contributed by atoms with van der Waals surface area (Å²) in [5.41, 5.74) is 0. The summed E-state index contributed by atoms with van der Waals surface area (Å²) in [7, 11) is 0. The van der Waals surface area contributed by atoms with Gasteiger partial charge in [0.15, 0.2) is 0 Å². The third kappa shape index (κ3) is 2.30. The molecule has 0 radical (unpaired) electrons. The van der Waals surface area contributed by atoms with Gasteiger partial charge in [-0.1, -0.05) is 20.3 Å². The van der Waals surface area contributed by atoms with Crippen molar-refractivity contribution < 1.29 is 14.7 Å². The lowest BCUT2D eigenvalue weighted by Gasteiger charge is -2.21. The smallest absolute Gasteiger partial charge is 0.233 e. The number of carbonyl (C=O) groups excluding carboxylic acids is 2. The van der Waals surface area contributed by atoms with Crippen molar-refractivity contribution in [3.8, 4) is 0 Å². The highest BCUT2D eigenvalue weighted by molar-refractivity contribution is 6.05. The highest BCUT2D eigenvalue weighted by Crippen LogP contribution is 2.44. The molecule has 0 bridgehead atoms. The molecule has 2 fully saturated rings. The van der Waals surface area contributed by atoms with E-state index in [9.17, 15) is 9.59 Å². The standard InChI is InChI=1S/C14H23NO3/c1-3-10-6-11-12(7-10)14(18)15(13(11)17)8-9(2)4-5-16/h9-12,16H,3-8H2,1-2H3. The van der Waals surface area contributed by atoms with Crippen molar-refractivity contribution in [2.45, 2.75) is 39.5 Å². The molecular formula is C14H23NO3. The van der Waals surface area contributed by atoms with Crippen LogP contribution in [-0.4, -0.2) is 35.0 Å². The van der Waals surface area contributed by atoms with E-state index in [0.29, 0.717) is 18.9 Å². The Morgan fingerprint density at radius 2 is 1.83 bits per heavy atom. The molecule has 0 spiro atoms. The third-order valence-corrected chi connectivity index (χ3v) is 4.52. The van der Waals surface area contributed by atoms with Crippen LogP contribution in [0.2, 0.25) is 0 Å². The molecule has 4 heteroatoms. The maximum absolute atomic E-state index is 12.2. The largest absolute Gasteiger partial charge is 0.396 e. The fourth-order valence-corrected chi connectivity index (χ4v) is 3.33. The number of imide groups is 1. The molecule has 0 aromatic heterocycles. The van der Waals surface area contributed by atoms with Crippen molar-refractivity contribution >= 4 is 11.8 Å². The van der Waals surface area contributed by atoms with E-state index in [1.807, 2.05) is 6.92 Å². The van der Waals surface area contributed by atoms with Gasteiger partial charge in [0, 0.05) is 13.2 Å². The Morgan fingerprint density at radius 1 is 1.28 bits per heavy atom. The van der Waals surface area contributed by atoms with Crippen LogP contribution >= 0.6 is 0 Å².